The van der Waals surface area contributed by atoms with Crippen LogP contribution in [0.15, 0.2) is 30.3 Å². The maximum absolute atomic E-state index is 13.7. The fourth-order valence-corrected chi connectivity index (χ4v) is 2.44. The van der Waals surface area contributed by atoms with Gasteiger partial charge < -0.3 is 4.57 Å². The minimum absolute atomic E-state index is 0.109. The largest absolute Gasteiger partial charge is 0.335 e. The van der Waals surface area contributed by atoms with Gasteiger partial charge in [0, 0.05) is 12.6 Å². The fraction of sp³-hybridized carbons (Fsp3) is 0.133. The van der Waals surface area contributed by atoms with E-state index < -0.39 is 28.1 Å². The Morgan fingerprint density at radius 1 is 1.22 bits per heavy atom. The van der Waals surface area contributed by atoms with E-state index in [0.717, 1.165) is 6.07 Å². The molecule has 0 N–H and O–H groups in total. The van der Waals surface area contributed by atoms with E-state index in [1.807, 2.05) is 0 Å². The summed E-state index contributed by atoms with van der Waals surface area (Å²) in [6, 6.07) is 6.49. The lowest BCUT2D eigenvalue weighted by Gasteiger charge is -2.07. The molecule has 0 unspecified atom stereocenters. The highest BCUT2D eigenvalue weighted by molar-refractivity contribution is 5.86. The molecule has 0 amide bonds. The van der Waals surface area contributed by atoms with Crippen LogP contribution < -0.4 is 0 Å². The molecule has 23 heavy (non-hydrogen) atoms. The molecule has 1 heterocycles. The first-order valence-corrected chi connectivity index (χ1v) is 6.62. The molecule has 3 aromatic rings. The van der Waals surface area contributed by atoms with Crippen LogP contribution in [0.1, 0.15) is 11.4 Å². The Bertz CT molecular complexity index is 920. The number of nitro groups is 1. The van der Waals surface area contributed by atoms with E-state index in [2.05, 4.69) is 4.98 Å². The molecule has 0 aliphatic heterocycles. The van der Waals surface area contributed by atoms with Gasteiger partial charge in [-0.3, -0.25) is 10.1 Å². The zero-order valence-corrected chi connectivity index (χ0v) is 11.9. The number of nitro benzene ring substituents is 1. The van der Waals surface area contributed by atoms with Crippen LogP contribution >= 0.6 is 0 Å². The molecule has 0 aliphatic carbocycles. The van der Waals surface area contributed by atoms with Gasteiger partial charge in [0.15, 0.2) is 11.3 Å². The predicted octanol–water partition coefficient (Wildman–Crippen LogP) is 3.72. The van der Waals surface area contributed by atoms with Crippen molar-refractivity contribution in [3.05, 3.63) is 69.3 Å². The van der Waals surface area contributed by atoms with Crippen LogP contribution in [-0.4, -0.2) is 14.5 Å². The van der Waals surface area contributed by atoms with Gasteiger partial charge in [-0.25, -0.2) is 13.8 Å². The molecule has 0 spiro atoms. The second kappa shape index (κ2) is 5.38. The molecular weight excluding hydrogens is 311 g/mol. The average Bonchev–Trinajstić information content (AvgIpc) is 2.78. The number of benzene rings is 2. The number of hydrogen-bond acceptors (Lipinski definition) is 3. The topological polar surface area (TPSA) is 61.0 Å². The van der Waals surface area contributed by atoms with Crippen LogP contribution in [0.2, 0.25) is 0 Å². The van der Waals surface area contributed by atoms with Crippen molar-refractivity contribution >= 4 is 16.7 Å². The van der Waals surface area contributed by atoms with E-state index in [9.17, 15) is 23.3 Å². The Hall–Kier alpha value is -2.90. The lowest BCUT2D eigenvalue weighted by Crippen LogP contribution is -2.03. The third-order valence-corrected chi connectivity index (χ3v) is 3.54. The lowest BCUT2D eigenvalue weighted by atomic mass is 10.2. The number of imidazole rings is 1. The predicted molar refractivity (Wildman–Crippen MR) is 76.5 cm³/mol. The van der Waals surface area contributed by atoms with Crippen LogP contribution in [0.3, 0.4) is 0 Å². The van der Waals surface area contributed by atoms with E-state index in [1.165, 1.54) is 28.8 Å². The minimum atomic E-state index is -1.53. The van der Waals surface area contributed by atoms with Gasteiger partial charge in [0.25, 0.3) is 0 Å². The van der Waals surface area contributed by atoms with E-state index in [0.29, 0.717) is 11.4 Å². The standard InChI is InChI=1S/C15H10F3N3O2/c1-8-19-14-12(6-11(17)13(18)15(14)21(22)23)20(8)7-9-2-4-10(16)5-3-9/h2-6H,7H2,1H3. The van der Waals surface area contributed by atoms with Gasteiger partial charge in [0.2, 0.25) is 5.82 Å². The molecule has 118 valence electrons. The molecule has 0 saturated carbocycles. The Labute approximate surface area is 128 Å². The van der Waals surface area contributed by atoms with Crippen LogP contribution in [0.5, 0.6) is 0 Å². The highest BCUT2D eigenvalue weighted by Crippen LogP contribution is 2.31. The van der Waals surface area contributed by atoms with E-state index in [-0.39, 0.29) is 17.6 Å². The SMILES string of the molecule is Cc1nc2c([N+](=O)[O-])c(F)c(F)cc2n1Cc1ccc(F)cc1. The van der Waals surface area contributed by atoms with E-state index >= 15 is 0 Å². The van der Waals surface area contributed by atoms with Crippen molar-refractivity contribution in [2.45, 2.75) is 13.5 Å². The van der Waals surface area contributed by atoms with Gasteiger partial charge in [-0.2, -0.15) is 4.39 Å². The number of aromatic nitrogens is 2. The molecule has 0 atom stereocenters. The fourth-order valence-electron chi connectivity index (χ4n) is 2.44. The summed E-state index contributed by atoms with van der Waals surface area (Å²) in [5.74, 6) is -2.89. The average molecular weight is 321 g/mol. The Morgan fingerprint density at radius 3 is 2.48 bits per heavy atom. The number of aryl methyl sites for hydroxylation is 1. The van der Waals surface area contributed by atoms with Crippen LogP contribution in [0, 0.1) is 34.5 Å². The Balaban J connectivity index is 2.20. The van der Waals surface area contributed by atoms with Crippen molar-refractivity contribution in [3.63, 3.8) is 0 Å². The molecule has 0 saturated heterocycles. The summed E-state index contributed by atoms with van der Waals surface area (Å²) in [5, 5.41) is 11.0. The maximum Gasteiger partial charge on any atom is 0.335 e. The maximum atomic E-state index is 13.7. The summed E-state index contributed by atoms with van der Waals surface area (Å²) < 4.78 is 41.8. The van der Waals surface area contributed by atoms with Crippen molar-refractivity contribution in [1.29, 1.82) is 0 Å². The molecule has 8 heteroatoms. The molecule has 5 nitrogen and oxygen atoms in total. The first-order valence-electron chi connectivity index (χ1n) is 6.62. The summed E-state index contributed by atoms with van der Waals surface area (Å²) >= 11 is 0. The summed E-state index contributed by atoms with van der Waals surface area (Å²) in [7, 11) is 0. The molecule has 0 fully saturated rings. The van der Waals surface area contributed by atoms with Crippen molar-refractivity contribution in [3.8, 4) is 0 Å². The monoisotopic (exact) mass is 321 g/mol. The van der Waals surface area contributed by atoms with Crippen LogP contribution in [0.25, 0.3) is 11.0 Å². The smallest absolute Gasteiger partial charge is 0.323 e. The number of fused-ring (bicyclic) bond motifs is 1. The van der Waals surface area contributed by atoms with Crippen LogP contribution in [0.4, 0.5) is 18.9 Å². The summed E-state index contributed by atoms with van der Waals surface area (Å²) in [6.07, 6.45) is 0. The zero-order valence-electron chi connectivity index (χ0n) is 11.9. The van der Waals surface area contributed by atoms with E-state index in [1.54, 1.807) is 6.92 Å². The second-order valence-corrected chi connectivity index (χ2v) is 5.02. The van der Waals surface area contributed by atoms with Gasteiger partial charge >= 0.3 is 5.69 Å². The third kappa shape index (κ3) is 2.52. The van der Waals surface area contributed by atoms with Gasteiger partial charge in [-0.1, -0.05) is 12.1 Å². The molecule has 3 rings (SSSR count). The molecule has 1 aromatic heterocycles. The third-order valence-electron chi connectivity index (χ3n) is 3.54. The highest BCUT2D eigenvalue weighted by atomic mass is 19.2. The van der Waals surface area contributed by atoms with Crippen molar-refractivity contribution in [2.75, 3.05) is 0 Å². The van der Waals surface area contributed by atoms with Crippen molar-refractivity contribution in [2.24, 2.45) is 0 Å². The molecule has 0 radical (unpaired) electrons. The molecule has 0 bridgehead atoms. The number of rotatable bonds is 3. The summed E-state index contributed by atoms with van der Waals surface area (Å²) in [6.45, 7) is 1.77. The van der Waals surface area contributed by atoms with Crippen molar-refractivity contribution in [1.82, 2.24) is 9.55 Å². The Morgan fingerprint density at radius 2 is 1.87 bits per heavy atom. The zero-order chi connectivity index (χ0) is 16.7. The van der Waals surface area contributed by atoms with Gasteiger partial charge in [0.05, 0.1) is 10.4 Å². The molecule has 2 aromatic carbocycles. The van der Waals surface area contributed by atoms with E-state index in [4.69, 9.17) is 0 Å². The van der Waals surface area contributed by atoms with Crippen LogP contribution in [-0.2, 0) is 6.54 Å². The normalized spacial score (nSPS) is 11.1. The number of hydrogen-bond donors (Lipinski definition) is 0. The first kappa shape index (κ1) is 15.0. The van der Waals surface area contributed by atoms with Gasteiger partial charge in [-0.15, -0.1) is 0 Å². The van der Waals surface area contributed by atoms with Crippen molar-refractivity contribution < 1.29 is 18.1 Å². The minimum Gasteiger partial charge on any atom is -0.323 e. The first-order chi connectivity index (χ1) is 10.9. The summed E-state index contributed by atoms with van der Waals surface area (Å²) in [5.41, 5.74) is -0.395. The lowest BCUT2D eigenvalue weighted by molar-refractivity contribution is -0.386. The number of halogens is 3. The quantitative estimate of drug-likeness (QED) is 0.545. The summed E-state index contributed by atoms with van der Waals surface area (Å²) in [4.78, 5) is 14.0. The Kier molecular flexibility index (Phi) is 3.51. The van der Waals surface area contributed by atoms with Gasteiger partial charge in [0.1, 0.15) is 11.6 Å². The highest BCUT2D eigenvalue weighted by Gasteiger charge is 2.27. The number of nitrogens with zero attached hydrogens (tertiary/aromatic N) is 3. The molecule has 0 aliphatic rings. The second-order valence-electron chi connectivity index (χ2n) is 5.02. The van der Waals surface area contributed by atoms with Gasteiger partial charge in [-0.05, 0) is 24.6 Å². The molecular formula is C15H10F3N3O2.